The molecular formula is C17H24N4S. The first-order valence-electron chi connectivity index (χ1n) is 8.60. The van der Waals surface area contributed by atoms with Gasteiger partial charge in [-0.15, -0.1) is 11.3 Å². The highest BCUT2D eigenvalue weighted by Gasteiger charge is 2.20. The Morgan fingerprint density at radius 1 is 0.955 bits per heavy atom. The molecule has 4 rings (SSSR count). The predicted octanol–water partition coefficient (Wildman–Crippen LogP) is 3.53. The van der Waals surface area contributed by atoms with E-state index in [0.717, 1.165) is 29.0 Å². The van der Waals surface area contributed by atoms with Gasteiger partial charge in [-0.2, -0.15) is 0 Å². The van der Waals surface area contributed by atoms with Crippen LogP contribution >= 0.6 is 11.3 Å². The minimum atomic E-state index is 0.703. The maximum Gasteiger partial charge on any atom is 0.146 e. The van der Waals surface area contributed by atoms with E-state index >= 15 is 0 Å². The summed E-state index contributed by atoms with van der Waals surface area (Å²) in [5.74, 6) is 1.61. The fraction of sp³-hybridized carbons (Fsp3) is 0.647. The molecule has 1 fully saturated rings. The lowest BCUT2D eigenvalue weighted by Gasteiger charge is -2.18. The van der Waals surface area contributed by atoms with E-state index in [-0.39, 0.29) is 0 Å². The van der Waals surface area contributed by atoms with Gasteiger partial charge in [0, 0.05) is 4.88 Å². The second-order valence-electron chi connectivity index (χ2n) is 6.61. The van der Waals surface area contributed by atoms with Gasteiger partial charge >= 0.3 is 0 Å². The second-order valence-corrected chi connectivity index (χ2v) is 7.69. The van der Waals surface area contributed by atoms with Crippen molar-refractivity contribution in [1.29, 1.82) is 0 Å². The Kier molecular flexibility index (Phi) is 4.01. The average molecular weight is 316 g/mol. The maximum atomic E-state index is 6.30. The molecule has 1 saturated heterocycles. The summed E-state index contributed by atoms with van der Waals surface area (Å²) >= 11 is 1.84. The first kappa shape index (κ1) is 14.4. The first-order valence-corrected chi connectivity index (χ1v) is 9.42. The summed E-state index contributed by atoms with van der Waals surface area (Å²) in [4.78, 5) is 14.6. The van der Waals surface area contributed by atoms with E-state index in [0.29, 0.717) is 5.82 Å². The highest BCUT2D eigenvalue weighted by atomic mass is 32.1. The Balaban J connectivity index is 1.65. The summed E-state index contributed by atoms with van der Waals surface area (Å²) in [7, 11) is 0. The normalized spacial score (nSPS) is 20.0. The molecule has 5 heteroatoms. The number of aromatic nitrogens is 2. The Labute approximate surface area is 135 Å². The Morgan fingerprint density at radius 2 is 1.73 bits per heavy atom. The molecule has 2 aromatic heterocycles. The summed E-state index contributed by atoms with van der Waals surface area (Å²) < 4.78 is 0. The number of hydrogen-bond donors (Lipinski definition) is 1. The van der Waals surface area contributed by atoms with Crippen LogP contribution < -0.4 is 5.73 Å². The van der Waals surface area contributed by atoms with Crippen molar-refractivity contribution in [1.82, 2.24) is 14.9 Å². The molecular weight excluding hydrogens is 292 g/mol. The molecule has 118 valence electrons. The highest BCUT2D eigenvalue weighted by molar-refractivity contribution is 7.19. The third kappa shape index (κ3) is 2.72. The third-order valence-corrected chi connectivity index (χ3v) is 6.14. The molecule has 2 aromatic rings. The van der Waals surface area contributed by atoms with Crippen molar-refractivity contribution in [3.8, 4) is 0 Å². The third-order valence-electron chi connectivity index (χ3n) is 4.95. The van der Waals surface area contributed by atoms with Gasteiger partial charge in [0.2, 0.25) is 0 Å². The van der Waals surface area contributed by atoms with Gasteiger partial charge in [0.25, 0.3) is 0 Å². The van der Waals surface area contributed by atoms with Crippen LogP contribution in [0.2, 0.25) is 0 Å². The number of nitrogen functional groups attached to an aromatic ring is 1. The number of thiophene rings is 1. The fourth-order valence-corrected chi connectivity index (χ4v) is 5.08. The van der Waals surface area contributed by atoms with Crippen LogP contribution in [0.25, 0.3) is 10.2 Å². The number of fused-ring (bicyclic) bond motifs is 3. The van der Waals surface area contributed by atoms with Gasteiger partial charge in [0.1, 0.15) is 16.5 Å². The number of hydrogen-bond acceptors (Lipinski definition) is 5. The van der Waals surface area contributed by atoms with Crippen LogP contribution in [0.15, 0.2) is 0 Å². The molecule has 22 heavy (non-hydrogen) atoms. The fourth-order valence-electron chi connectivity index (χ4n) is 3.80. The molecule has 1 aliphatic heterocycles. The van der Waals surface area contributed by atoms with Crippen LogP contribution in [0.4, 0.5) is 5.82 Å². The number of nitrogens with zero attached hydrogens (tertiary/aromatic N) is 3. The molecule has 0 amide bonds. The van der Waals surface area contributed by atoms with Crippen LogP contribution in [-0.2, 0) is 19.4 Å². The van der Waals surface area contributed by atoms with E-state index in [1.165, 1.54) is 68.5 Å². The van der Waals surface area contributed by atoms with E-state index in [4.69, 9.17) is 10.7 Å². The quantitative estimate of drug-likeness (QED) is 0.921. The van der Waals surface area contributed by atoms with Gasteiger partial charge in [0.15, 0.2) is 0 Å². The van der Waals surface area contributed by atoms with E-state index in [2.05, 4.69) is 9.88 Å². The SMILES string of the molecule is Nc1nc(CN2CCCCCC2)nc2sc3c(c12)CCCC3. The zero-order valence-electron chi connectivity index (χ0n) is 13.1. The lowest BCUT2D eigenvalue weighted by atomic mass is 9.97. The molecule has 3 heterocycles. The topological polar surface area (TPSA) is 55.0 Å². The van der Waals surface area contributed by atoms with Gasteiger partial charge in [0.05, 0.1) is 11.9 Å². The second kappa shape index (κ2) is 6.13. The van der Waals surface area contributed by atoms with E-state index in [9.17, 15) is 0 Å². The highest BCUT2D eigenvalue weighted by Crippen LogP contribution is 2.37. The van der Waals surface area contributed by atoms with Crippen molar-refractivity contribution in [2.24, 2.45) is 0 Å². The molecule has 0 atom stereocenters. The number of nitrogens with two attached hydrogens (primary N) is 1. The van der Waals surface area contributed by atoms with Crippen molar-refractivity contribution in [2.45, 2.75) is 57.9 Å². The van der Waals surface area contributed by atoms with E-state index in [1.54, 1.807) is 0 Å². The van der Waals surface area contributed by atoms with E-state index in [1.807, 2.05) is 11.3 Å². The molecule has 0 bridgehead atoms. The van der Waals surface area contributed by atoms with Crippen LogP contribution in [0.5, 0.6) is 0 Å². The Bertz CT molecular complexity index is 671. The number of anilines is 1. The van der Waals surface area contributed by atoms with Gasteiger partial charge < -0.3 is 5.73 Å². The van der Waals surface area contributed by atoms with Crippen molar-refractivity contribution >= 4 is 27.4 Å². The summed E-state index contributed by atoms with van der Waals surface area (Å²) in [6, 6.07) is 0. The lowest BCUT2D eigenvalue weighted by molar-refractivity contribution is 0.270. The molecule has 0 spiro atoms. The minimum absolute atomic E-state index is 0.703. The minimum Gasteiger partial charge on any atom is -0.383 e. The summed E-state index contributed by atoms with van der Waals surface area (Å²) in [6.07, 6.45) is 10.2. The van der Waals surface area contributed by atoms with Gasteiger partial charge in [-0.05, 0) is 57.2 Å². The standard InChI is InChI=1S/C17H24N4S/c18-16-15-12-7-3-4-8-13(12)22-17(15)20-14(19-16)11-21-9-5-1-2-6-10-21/h1-11H2,(H2,18,19,20). The van der Waals surface area contributed by atoms with Crippen LogP contribution in [0.3, 0.4) is 0 Å². The van der Waals surface area contributed by atoms with E-state index < -0.39 is 0 Å². The number of aryl methyl sites for hydroxylation is 2. The average Bonchev–Trinajstić information content (AvgIpc) is 2.69. The van der Waals surface area contributed by atoms with Crippen LogP contribution in [0.1, 0.15) is 54.8 Å². The number of rotatable bonds is 2. The molecule has 0 radical (unpaired) electrons. The number of likely N-dealkylation sites (tertiary alicyclic amines) is 1. The summed E-state index contributed by atoms with van der Waals surface area (Å²) in [6.45, 7) is 3.19. The predicted molar refractivity (Wildman–Crippen MR) is 92.2 cm³/mol. The van der Waals surface area contributed by atoms with Gasteiger partial charge in [-0.25, -0.2) is 9.97 Å². The zero-order valence-corrected chi connectivity index (χ0v) is 13.9. The summed E-state index contributed by atoms with van der Waals surface area (Å²) in [5.41, 5.74) is 7.73. The molecule has 1 aliphatic carbocycles. The monoisotopic (exact) mass is 316 g/mol. The molecule has 0 aromatic carbocycles. The first-order chi connectivity index (χ1) is 10.8. The molecule has 4 nitrogen and oxygen atoms in total. The van der Waals surface area contributed by atoms with Crippen molar-refractivity contribution < 1.29 is 0 Å². The van der Waals surface area contributed by atoms with Gasteiger partial charge in [-0.1, -0.05) is 12.8 Å². The molecule has 0 unspecified atom stereocenters. The Hall–Kier alpha value is -1.20. The van der Waals surface area contributed by atoms with Crippen molar-refractivity contribution in [2.75, 3.05) is 18.8 Å². The van der Waals surface area contributed by atoms with Crippen molar-refractivity contribution in [3.63, 3.8) is 0 Å². The van der Waals surface area contributed by atoms with Crippen molar-refractivity contribution in [3.05, 3.63) is 16.3 Å². The smallest absolute Gasteiger partial charge is 0.146 e. The van der Waals surface area contributed by atoms with Crippen LogP contribution in [-0.4, -0.2) is 28.0 Å². The molecule has 2 N–H and O–H groups in total. The zero-order chi connectivity index (χ0) is 14.9. The Morgan fingerprint density at radius 3 is 2.55 bits per heavy atom. The maximum absolute atomic E-state index is 6.30. The van der Waals surface area contributed by atoms with Gasteiger partial charge in [-0.3, -0.25) is 4.90 Å². The summed E-state index contributed by atoms with van der Waals surface area (Å²) in [5, 5.41) is 1.15. The molecule has 2 aliphatic rings. The largest absolute Gasteiger partial charge is 0.383 e. The van der Waals surface area contributed by atoms with Crippen LogP contribution in [0, 0.1) is 0 Å². The lowest BCUT2D eigenvalue weighted by Crippen LogP contribution is -2.25. The molecule has 0 saturated carbocycles.